The van der Waals surface area contributed by atoms with Crippen molar-refractivity contribution < 1.29 is 19.1 Å². The number of amides is 1. The van der Waals surface area contributed by atoms with Gasteiger partial charge in [0.1, 0.15) is 5.82 Å². The monoisotopic (exact) mass is 317 g/mol. The number of methoxy groups -OCH3 is 1. The molecule has 23 heavy (non-hydrogen) atoms. The van der Waals surface area contributed by atoms with Crippen LogP contribution in [0.4, 0.5) is 4.39 Å². The lowest BCUT2D eigenvalue weighted by Gasteiger charge is -2.22. The first-order valence-electron chi connectivity index (χ1n) is 7.40. The molecule has 0 aliphatic rings. The van der Waals surface area contributed by atoms with Crippen LogP contribution < -0.4 is 5.48 Å². The molecule has 0 bridgehead atoms. The summed E-state index contributed by atoms with van der Waals surface area (Å²) in [6.07, 6.45) is 0.499. The summed E-state index contributed by atoms with van der Waals surface area (Å²) in [7, 11) is 1.55. The summed E-state index contributed by atoms with van der Waals surface area (Å²) < 4.78 is 18.5. The summed E-state index contributed by atoms with van der Waals surface area (Å²) in [5, 5.41) is 8.99. The molecule has 0 fully saturated rings. The molecule has 2 rings (SSSR count). The molecule has 0 aliphatic carbocycles. The van der Waals surface area contributed by atoms with Crippen LogP contribution in [-0.4, -0.2) is 18.2 Å². The van der Waals surface area contributed by atoms with E-state index in [0.717, 1.165) is 11.1 Å². The van der Waals surface area contributed by atoms with Crippen LogP contribution in [0.2, 0.25) is 0 Å². The fourth-order valence-corrected chi connectivity index (χ4v) is 2.58. The quantitative estimate of drug-likeness (QED) is 0.609. The van der Waals surface area contributed by atoms with Crippen molar-refractivity contribution in [1.82, 2.24) is 5.48 Å². The Kier molecular flexibility index (Phi) is 6.26. The third kappa shape index (κ3) is 4.87. The second-order valence-electron chi connectivity index (χ2n) is 5.37. The van der Waals surface area contributed by atoms with Crippen molar-refractivity contribution >= 4 is 5.91 Å². The van der Waals surface area contributed by atoms with E-state index in [0.29, 0.717) is 12.8 Å². The van der Waals surface area contributed by atoms with Crippen molar-refractivity contribution in [3.05, 3.63) is 71.5 Å². The molecule has 2 aromatic rings. The van der Waals surface area contributed by atoms with Gasteiger partial charge >= 0.3 is 0 Å². The molecule has 0 unspecified atom stereocenters. The van der Waals surface area contributed by atoms with Gasteiger partial charge in [-0.3, -0.25) is 10.0 Å². The molecule has 2 aromatic carbocycles. The number of carbonyl (C=O) groups is 1. The van der Waals surface area contributed by atoms with Crippen LogP contribution in [0.3, 0.4) is 0 Å². The van der Waals surface area contributed by atoms with E-state index in [9.17, 15) is 9.18 Å². The standard InChI is InChI=1S/C18H20FNO3/c1-23-17(14-7-9-16(19)10-8-14)12-15(18(21)20-22)11-13-5-3-2-4-6-13/h2-10,15,17,22H,11-12H2,1H3,(H,20,21)/t15-,17+/m0/s1. The van der Waals surface area contributed by atoms with E-state index in [4.69, 9.17) is 9.94 Å². The maximum Gasteiger partial charge on any atom is 0.246 e. The van der Waals surface area contributed by atoms with E-state index < -0.39 is 11.8 Å². The smallest absolute Gasteiger partial charge is 0.246 e. The van der Waals surface area contributed by atoms with Gasteiger partial charge in [-0.15, -0.1) is 0 Å². The first-order valence-corrected chi connectivity index (χ1v) is 7.40. The largest absolute Gasteiger partial charge is 0.377 e. The topological polar surface area (TPSA) is 58.6 Å². The summed E-state index contributed by atoms with van der Waals surface area (Å²) in [4.78, 5) is 12.0. The number of ether oxygens (including phenoxy) is 1. The number of halogens is 1. The molecule has 0 radical (unpaired) electrons. The first-order chi connectivity index (χ1) is 11.1. The molecular weight excluding hydrogens is 297 g/mol. The highest BCUT2D eigenvalue weighted by molar-refractivity contribution is 5.77. The van der Waals surface area contributed by atoms with Gasteiger partial charge in [0, 0.05) is 13.0 Å². The van der Waals surface area contributed by atoms with E-state index in [1.54, 1.807) is 24.7 Å². The number of benzene rings is 2. The summed E-state index contributed by atoms with van der Waals surface area (Å²) >= 11 is 0. The summed E-state index contributed by atoms with van der Waals surface area (Å²) in [6, 6.07) is 15.6. The fourth-order valence-electron chi connectivity index (χ4n) is 2.58. The molecule has 0 spiro atoms. The molecular formula is C18H20FNO3. The predicted molar refractivity (Wildman–Crippen MR) is 84.3 cm³/mol. The Bertz CT molecular complexity index is 616. The molecule has 0 saturated carbocycles. The Morgan fingerprint density at radius 1 is 1.17 bits per heavy atom. The number of hydrogen-bond donors (Lipinski definition) is 2. The highest BCUT2D eigenvalue weighted by Gasteiger charge is 2.24. The van der Waals surface area contributed by atoms with Crippen LogP contribution in [0.15, 0.2) is 54.6 Å². The van der Waals surface area contributed by atoms with Crippen molar-refractivity contribution in [1.29, 1.82) is 0 Å². The maximum atomic E-state index is 13.0. The minimum atomic E-state index is -0.461. The summed E-state index contributed by atoms with van der Waals surface area (Å²) in [5.41, 5.74) is 3.51. The molecule has 122 valence electrons. The van der Waals surface area contributed by atoms with Gasteiger partial charge in [-0.1, -0.05) is 42.5 Å². The van der Waals surface area contributed by atoms with Gasteiger partial charge in [0.15, 0.2) is 0 Å². The zero-order valence-corrected chi connectivity index (χ0v) is 12.9. The highest BCUT2D eigenvalue weighted by Crippen LogP contribution is 2.27. The molecule has 0 aromatic heterocycles. The van der Waals surface area contributed by atoms with E-state index in [2.05, 4.69) is 0 Å². The average Bonchev–Trinajstić information content (AvgIpc) is 2.59. The van der Waals surface area contributed by atoms with E-state index >= 15 is 0 Å². The van der Waals surface area contributed by atoms with E-state index in [1.807, 2.05) is 30.3 Å². The summed E-state index contributed by atoms with van der Waals surface area (Å²) in [6.45, 7) is 0. The van der Waals surface area contributed by atoms with Crippen LogP contribution in [0.1, 0.15) is 23.7 Å². The van der Waals surface area contributed by atoms with E-state index in [1.165, 1.54) is 12.1 Å². The van der Waals surface area contributed by atoms with Crippen molar-refractivity contribution in [2.24, 2.45) is 5.92 Å². The number of nitrogens with one attached hydrogen (secondary N) is 1. The van der Waals surface area contributed by atoms with Crippen LogP contribution >= 0.6 is 0 Å². The Morgan fingerprint density at radius 2 is 1.83 bits per heavy atom. The van der Waals surface area contributed by atoms with Gasteiger partial charge in [-0.25, -0.2) is 9.87 Å². The lowest BCUT2D eigenvalue weighted by Crippen LogP contribution is -2.31. The Hall–Kier alpha value is -2.24. The van der Waals surface area contributed by atoms with Gasteiger partial charge in [0.25, 0.3) is 0 Å². The van der Waals surface area contributed by atoms with Crippen LogP contribution in [0.25, 0.3) is 0 Å². The molecule has 0 saturated heterocycles. The van der Waals surface area contributed by atoms with Gasteiger partial charge < -0.3 is 4.74 Å². The fraction of sp³-hybridized carbons (Fsp3) is 0.278. The second kappa shape index (κ2) is 8.41. The van der Waals surface area contributed by atoms with Crippen molar-refractivity contribution in [2.45, 2.75) is 18.9 Å². The van der Waals surface area contributed by atoms with Crippen molar-refractivity contribution in [2.75, 3.05) is 7.11 Å². The lowest BCUT2D eigenvalue weighted by molar-refractivity contribution is -0.134. The van der Waals surface area contributed by atoms with E-state index in [-0.39, 0.29) is 11.9 Å². The second-order valence-corrected chi connectivity index (χ2v) is 5.37. The molecule has 2 N–H and O–H groups in total. The first kappa shape index (κ1) is 17.1. The van der Waals surface area contributed by atoms with Gasteiger partial charge in [-0.05, 0) is 36.1 Å². The average molecular weight is 317 g/mol. The molecule has 0 heterocycles. The zero-order valence-electron chi connectivity index (χ0n) is 12.9. The highest BCUT2D eigenvalue weighted by atomic mass is 19.1. The van der Waals surface area contributed by atoms with Crippen LogP contribution in [0, 0.1) is 11.7 Å². The maximum absolute atomic E-state index is 13.0. The minimum Gasteiger partial charge on any atom is -0.377 e. The Labute approximate surface area is 134 Å². The molecule has 4 nitrogen and oxygen atoms in total. The number of hydroxylamine groups is 1. The Balaban J connectivity index is 2.14. The third-order valence-corrected chi connectivity index (χ3v) is 3.83. The number of rotatable bonds is 7. The van der Waals surface area contributed by atoms with Crippen LogP contribution in [-0.2, 0) is 16.0 Å². The minimum absolute atomic E-state index is 0.322. The van der Waals surface area contributed by atoms with Gasteiger partial charge in [0.2, 0.25) is 5.91 Å². The van der Waals surface area contributed by atoms with Crippen molar-refractivity contribution in [3.8, 4) is 0 Å². The lowest BCUT2D eigenvalue weighted by atomic mass is 9.90. The van der Waals surface area contributed by atoms with Gasteiger partial charge in [-0.2, -0.15) is 0 Å². The molecule has 0 aliphatic heterocycles. The number of hydrogen-bond acceptors (Lipinski definition) is 3. The normalized spacial score (nSPS) is 13.3. The SMILES string of the molecule is CO[C@H](C[C@H](Cc1ccccc1)C(=O)NO)c1ccc(F)cc1. The summed E-state index contributed by atoms with van der Waals surface area (Å²) in [5.74, 6) is -1.24. The number of carbonyl (C=O) groups excluding carboxylic acids is 1. The zero-order chi connectivity index (χ0) is 16.7. The predicted octanol–water partition coefficient (Wildman–Crippen LogP) is 3.27. The van der Waals surface area contributed by atoms with Crippen LogP contribution in [0.5, 0.6) is 0 Å². The third-order valence-electron chi connectivity index (χ3n) is 3.83. The van der Waals surface area contributed by atoms with Gasteiger partial charge in [0.05, 0.1) is 6.10 Å². The molecule has 5 heteroatoms. The van der Waals surface area contributed by atoms with Crippen molar-refractivity contribution in [3.63, 3.8) is 0 Å². The Morgan fingerprint density at radius 3 is 2.39 bits per heavy atom. The molecule has 2 atom stereocenters. The molecule has 1 amide bonds.